The summed E-state index contributed by atoms with van der Waals surface area (Å²) in [5.41, 5.74) is 0. The molecule has 4 atom stereocenters. The molecule has 0 unspecified atom stereocenters. The molecule has 0 aliphatic carbocycles. The summed E-state index contributed by atoms with van der Waals surface area (Å²) in [5.74, 6) is -0.872. The number of carbonyl (C=O) groups excluding carboxylic acids is 2. The molecule has 12 heavy (non-hydrogen) atoms. The molecule has 3 rings (SSSR count). The number of hydrogen-bond donors (Lipinski definition) is 1. The number of hydrogen-bond acceptors (Lipinski definition) is 3. The SMILES string of the molecule is O=C1NC(=O)[C@@H]2[C@@H]1[C@H]1C=C[C@H]2O1. The van der Waals surface area contributed by atoms with Gasteiger partial charge in [0.15, 0.2) is 0 Å². The molecule has 4 heteroatoms. The molecule has 0 saturated carbocycles. The fraction of sp³-hybridized carbons (Fsp3) is 0.500. The summed E-state index contributed by atoms with van der Waals surface area (Å²) in [7, 11) is 0. The van der Waals surface area contributed by atoms with Crippen molar-refractivity contribution in [3.63, 3.8) is 0 Å². The van der Waals surface area contributed by atoms with E-state index in [2.05, 4.69) is 5.32 Å². The molecule has 0 radical (unpaired) electrons. The van der Waals surface area contributed by atoms with Crippen LogP contribution in [0.5, 0.6) is 0 Å². The molecule has 3 aliphatic heterocycles. The Labute approximate surface area is 68.6 Å². The van der Waals surface area contributed by atoms with Gasteiger partial charge in [0.05, 0.1) is 24.0 Å². The van der Waals surface area contributed by atoms with Crippen LogP contribution in [0.2, 0.25) is 0 Å². The number of rotatable bonds is 0. The minimum absolute atomic E-state index is 0.161. The third-order valence-electron chi connectivity index (χ3n) is 2.75. The van der Waals surface area contributed by atoms with E-state index in [0.29, 0.717) is 0 Å². The number of amides is 2. The van der Waals surface area contributed by atoms with Crippen molar-refractivity contribution < 1.29 is 14.3 Å². The lowest BCUT2D eigenvalue weighted by Gasteiger charge is -2.10. The van der Waals surface area contributed by atoms with Gasteiger partial charge in [-0.1, -0.05) is 12.2 Å². The van der Waals surface area contributed by atoms with Gasteiger partial charge in [-0.15, -0.1) is 0 Å². The van der Waals surface area contributed by atoms with Crippen LogP contribution < -0.4 is 5.32 Å². The highest BCUT2D eigenvalue weighted by Crippen LogP contribution is 2.41. The second-order valence-electron chi connectivity index (χ2n) is 3.36. The summed E-state index contributed by atoms with van der Waals surface area (Å²) in [6.07, 6.45) is 3.41. The first-order chi connectivity index (χ1) is 5.77. The fourth-order valence-electron chi connectivity index (χ4n) is 2.22. The molecule has 2 amide bonds. The number of fused-ring (bicyclic) bond motifs is 5. The summed E-state index contributed by atoms with van der Waals surface area (Å²) in [5, 5.41) is 2.32. The Morgan fingerprint density at radius 3 is 2.08 bits per heavy atom. The first kappa shape index (κ1) is 6.37. The van der Waals surface area contributed by atoms with Crippen molar-refractivity contribution in [3.8, 4) is 0 Å². The van der Waals surface area contributed by atoms with Gasteiger partial charge in [0, 0.05) is 0 Å². The van der Waals surface area contributed by atoms with Crippen LogP contribution in [0.4, 0.5) is 0 Å². The zero-order valence-corrected chi connectivity index (χ0v) is 6.19. The smallest absolute Gasteiger partial charge is 0.233 e. The molecule has 2 fully saturated rings. The van der Waals surface area contributed by atoms with Gasteiger partial charge in [-0.05, 0) is 0 Å². The normalized spacial score (nSPS) is 48.3. The second kappa shape index (κ2) is 1.77. The van der Waals surface area contributed by atoms with E-state index in [9.17, 15) is 9.59 Å². The maximum absolute atomic E-state index is 11.2. The highest BCUT2D eigenvalue weighted by molar-refractivity contribution is 6.06. The van der Waals surface area contributed by atoms with E-state index < -0.39 is 0 Å². The Morgan fingerprint density at radius 2 is 1.58 bits per heavy atom. The van der Waals surface area contributed by atoms with Gasteiger partial charge in [-0.3, -0.25) is 14.9 Å². The van der Waals surface area contributed by atoms with Crippen LogP contribution in [0, 0.1) is 11.8 Å². The van der Waals surface area contributed by atoms with E-state index in [0.717, 1.165) is 0 Å². The topological polar surface area (TPSA) is 55.4 Å². The zero-order valence-electron chi connectivity index (χ0n) is 6.19. The Kier molecular flexibility index (Phi) is 0.939. The Morgan fingerprint density at radius 1 is 1.08 bits per heavy atom. The number of ether oxygens (including phenoxy) is 1. The molecule has 62 valence electrons. The van der Waals surface area contributed by atoms with Gasteiger partial charge >= 0.3 is 0 Å². The lowest BCUT2D eigenvalue weighted by molar-refractivity contribution is -0.128. The van der Waals surface area contributed by atoms with Gasteiger partial charge in [0.1, 0.15) is 0 Å². The largest absolute Gasteiger partial charge is 0.365 e. The molecule has 2 saturated heterocycles. The monoisotopic (exact) mass is 165 g/mol. The lowest BCUT2D eigenvalue weighted by Crippen LogP contribution is -2.27. The van der Waals surface area contributed by atoms with Gasteiger partial charge in [-0.25, -0.2) is 0 Å². The average Bonchev–Trinajstić information content (AvgIpc) is 2.64. The van der Waals surface area contributed by atoms with Gasteiger partial charge in [0.2, 0.25) is 11.8 Å². The van der Waals surface area contributed by atoms with Crippen LogP contribution in [0.3, 0.4) is 0 Å². The first-order valence-electron chi connectivity index (χ1n) is 3.96. The summed E-state index contributed by atoms with van der Waals surface area (Å²) < 4.78 is 5.39. The first-order valence-corrected chi connectivity index (χ1v) is 3.96. The Balaban J connectivity index is 2.08. The fourth-order valence-corrected chi connectivity index (χ4v) is 2.22. The second-order valence-corrected chi connectivity index (χ2v) is 3.36. The minimum Gasteiger partial charge on any atom is -0.365 e. The maximum Gasteiger partial charge on any atom is 0.233 e. The van der Waals surface area contributed by atoms with E-state index in [1.807, 2.05) is 12.2 Å². The molecular weight excluding hydrogens is 158 g/mol. The van der Waals surface area contributed by atoms with Crippen molar-refractivity contribution >= 4 is 11.8 Å². The van der Waals surface area contributed by atoms with Crippen molar-refractivity contribution in [3.05, 3.63) is 12.2 Å². The molecule has 0 aromatic heterocycles. The highest BCUT2D eigenvalue weighted by atomic mass is 16.5. The molecule has 1 N–H and O–H groups in total. The summed E-state index contributed by atoms with van der Waals surface area (Å²) in [4.78, 5) is 22.4. The predicted molar refractivity (Wildman–Crippen MR) is 37.9 cm³/mol. The Hall–Kier alpha value is -1.16. The molecule has 0 spiro atoms. The van der Waals surface area contributed by atoms with Crippen molar-refractivity contribution in [1.29, 1.82) is 0 Å². The van der Waals surface area contributed by atoms with Gasteiger partial charge in [-0.2, -0.15) is 0 Å². The lowest BCUT2D eigenvalue weighted by atomic mass is 9.85. The van der Waals surface area contributed by atoms with E-state index in [1.165, 1.54) is 0 Å². The molecule has 3 aliphatic rings. The van der Waals surface area contributed by atoms with Gasteiger partial charge < -0.3 is 4.74 Å². The van der Waals surface area contributed by atoms with Crippen LogP contribution in [0.15, 0.2) is 12.2 Å². The van der Waals surface area contributed by atoms with Gasteiger partial charge in [0.25, 0.3) is 0 Å². The van der Waals surface area contributed by atoms with Crippen LogP contribution in [-0.4, -0.2) is 24.0 Å². The molecule has 0 aromatic rings. The minimum atomic E-state index is -0.257. The number of carbonyl (C=O) groups is 2. The molecule has 4 nitrogen and oxygen atoms in total. The zero-order chi connectivity index (χ0) is 8.29. The summed E-state index contributed by atoms with van der Waals surface area (Å²) in [6, 6.07) is 0. The van der Waals surface area contributed by atoms with E-state index in [-0.39, 0.29) is 35.9 Å². The average molecular weight is 165 g/mol. The van der Waals surface area contributed by atoms with Crippen LogP contribution in [0.25, 0.3) is 0 Å². The quantitative estimate of drug-likeness (QED) is 0.378. The molecular formula is C8H7NO3. The van der Waals surface area contributed by atoms with Crippen LogP contribution >= 0.6 is 0 Å². The van der Waals surface area contributed by atoms with Crippen molar-refractivity contribution in [2.24, 2.45) is 11.8 Å². The highest BCUT2D eigenvalue weighted by Gasteiger charge is 2.57. The number of nitrogens with one attached hydrogen (secondary N) is 1. The van der Waals surface area contributed by atoms with Crippen molar-refractivity contribution in [2.75, 3.05) is 0 Å². The summed E-state index contributed by atoms with van der Waals surface area (Å²) in [6.45, 7) is 0. The number of imide groups is 1. The van der Waals surface area contributed by atoms with Crippen molar-refractivity contribution in [1.82, 2.24) is 5.32 Å². The van der Waals surface area contributed by atoms with Crippen LogP contribution in [0.1, 0.15) is 0 Å². The maximum atomic E-state index is 11.2. The van der Waals surface area contributed by atoms with Crippen molar-refractivity contribution in [2.45, 2.75) is 12.2 Å². The molecule has 2 bridgehead atoms. The third kappa shape index (κ3) is 0.536. The predicted octanol–water partition coefficient (Wildman–Crippen LogP) is -0.788. The van der Waals surface area contributed by atoms with E-state index >= 15 is 0 Å². The molecule has 3 heterocycles. The Bertz CT molecular complexity index is 281. The summed E-state index contributed by atoms with van der Waals surface area (Å²) >= 11 is 0. The third-order valence-corrected chi connectivity index (χ3v) is 2.75. The van der Waals surface area contributed by atoms with Crippen LogP contribution in [-0.2, 0) is 14.3 Å². The standard InChI is InChI=1S/C8H7NO3/c10-7-5-3-1-2-4(12-3)6(5)8(11)9-7/h1-6H,(H,9,10,11)/t3-,4-,5+,6+/m1/s1. The van der Waals surface area contributed by atoms with E-state index in [4.69, 9.17) is 4.74 Å². The van der Waals surface area contributed by atoms with E-state index in [1.54, 1.807) is 0 Å². The molecule has 0 aromatic carbocycles.